The number of piperidine rings is 2. The molecule has 0 radical (unpaired) electrons. The van der Waals surface area contributed by atoms with E-state index in [0.717, 1.165) is 43.0 Å². The summed E-state index contributed by atoms with van der Waals surface area (Å²) in [6, 6.07) is 4.20. The van der Waals surface area contributed by atoms with Gasteiger partial charge in [-0.1, -0.05) is 0 Å². The minimum atomic E-state index is 0.612. The molecule has 2 aromatic rings. The monoisotopic (exact) mass is 399 g/mol. The van der Waals surface area contributed by atoms with Gasteiger partial charge in [-0.05, 0) is 57.6 Å². The van der Waals surface area contributed by atoms with Crippen LogP contribution < -0.4 is 14.8 Å². The minimum Gasteiger partial charge on any atom is -0.341 e. The highest BCUT2D eigenvalue weighted by Crippen LogP contribution is 2.23. The molecule has 0 amide bonds. The van der Waals surface area contributed by atoms with E-state index in [0.29, 0.717) is 5.95 Å². The predicted octanol–water partition coefficient (Wildman–Crippen LogP) is 3.69. The average Bonchev–Trinajstić information content (AvgIpc) is 3.18. The second-order valence-corrected chi connectivity index (χ2v) is 8.87. The van der Waals surface area contributed by atoms with E-state index in [9.17, 15) is 0 Å². The van der Waals surface area contributed by atoms with Crippen LogP contribution in [-0.4, -0.2) is 54.4 Å². The fourth-order valence-electron chi connectivity index (χ4n) is 3.68. The first-order valence-corrected chi connectivity index (χ1v) is 11.1. The number of hydrogen-bond acceptors (Lipinski definition) is 8. The number of rotatable bonds is 5. The van der Waals surface area contributed by atoms with Crippen molar-refractivity contribution in [2.45, 2.75) is 45.4 Å². The van der Waals surface area contributed by atoms with Gasteiger partial charge in [0.05, 0.1) is 6.21 Å². The zero-order valence-corrected chi connectivity index (χ0v) is 17.7. The molecule has 4 rings (SSSR count). The lowest BCUT2D eigenvalue weighted by Crippen LogP contribution is -2.35. The fraction of sp³-hybridized carbons (Fsp3) is 0.600. The maximum absolute atomic E-state index is 4.84. The van der Waals surface area contributed by atoms with Gasteiger partial charge in [0.15, 0.2) is 0 Å². The lowest BCUT2D eigenvalue weighted by Gasteiger charge is -2.30. The Morgan fingerprint density at radius 3 is 1.96 bits per heavy atom. The molecule has 7 nitrogen and oxygen atoms in total. The molecule has 0 saturated carbocycles. The van der Waals surface area contributed by atoms with Crippen LogP contribution >= 0.6 is 11.3 Å². The highest BCUT2D eigenvalue weighted by molar-refractivity contribution is 7.13. The predicted molar refractivity (Wildman–Crippen MR) is 117 cm³/mol. The van der Waals surface area contributed by atoms with Crippen molar-refractivity contribution in [2.24, 2.45) is 5.10 Å². The van der Waals surface area contributed by atoms with E-state index in [4.69, 9.17) is 15.0 Å². The summed E-state index contributed by atoms with van der Waals surface area (Å²) in [7, 11) is 1.91. The molecule has 0 N–H and O–H groups in total. The molecular formula is C20H29N7S. The summed E-state index contributed by atoms with van der Waals surface area (Å²) in [6.07, 6.45) is 9.26. The molecule has 2 saturated heterocycles. The molecule has 2 aromatic heterocycles. The van der Waals surface area contributed by atoms with Gasteiger partial charge in [0, 0.05) is 43.0 Å². The van der Waals surface area contributed by atoms with E-state index in [-0.39, 0.29) is 0 Å². The van der Waals surface area contributed by atoms with Gasteiger partial charge in [-0.15, -0.1) is 11.3 Å². The first kappa shape index (κ1) is 19.1. The Hall–Kier alpha value is -2.22. The molecule has 2 aliphatic heterocycles. The Balaban J connectivity index is 1.61. The summed E-state index contributed by atoms with van der Waals surface area (Å²) >= 11 is 1.73. The van der Waals surface area contributed by atoms with Gasteiger partial charge >= 0.3 is 0 Å². The topological polar surface area (TPSA) is 60.8 Å². The van der Waals surface area contributed by atoms with E-state index in [1.807, 2.05) is 13.3 Å². The van der Waals surface area contributed by atoms with Crippen LogP contribution in [0.4, 0.5) is 17.8 Å². The third kappa shape index (κ3) is 4.60. The van der Waals surface area contributed by atoms with Crippen LogP contribution in [-0.2, 0) is 0 Å². The summed E-state index contributed by atoms with van der Waals surface area (Å²) in [5, 5.41) is 6.34. The van der Waals surface area contributed by atoms with E-state index in [1.54, 1.807) is 16.3 Å². The molecule has 0 atom stereocenters. The van der Waals surface area contributed by atoms with Crippen LogP contribution in [0.5, 0.6) is 0 Å². The standard InChI is InChI=1S/C20H29N7S/c1-16-9-10-17(28-16)15-21-25(2)18-22-19(26-11-5-3-6-12-26)24-20(23-18)27-13-7-4-8-14-27/h9-10,15H,3-8,11-14H2,1-2H3/b21-15+. The Morgan fingerprint density at radius 2 is 1.46 bits per heavy atom. The molecule has 0 aromatic carbocycles. The van der Waals surface area contributed by atoms with Gasteiger partial charge in [-0.25, -0.2) is 5.01 Å². The van der Waals surface area contributed by atoms with Gasteiger partial charge in [-0.3, -0.25) is 0 Å². The van der Waals surface area contributed by atoms with Gasteiger partial charge < -0.3 is 9.80 Å². The van der Waals surface area contributed by atoms with E-state index in [1.165, 1.54) is 43.4 Å². The smallest absolute Gasteiger partial charge is 0.252 e. The molecule has 150 valence electrons. The van der Waals surface area contributed by atoms with Crippen molar-refractivity contribution in [3.05, 3.63) is 21.9 Å². The molecule has 0 bridgehead atoms. The Kier molecular flexibility index (Phi) is 6.04. The second kappa shape index (κ2) is 8.86. The van der Waals surface area contributed by atoms with Crippen LogP contribution in [0.1, 0.15) is 48.3 Å². The molecular weight excluding hydrogens is 370 g/mol. The van der Waals surface area contributed by atoms with Crippen molar-refractivity contribution in [3.63, 3.8) is 0 Å². The Morgan fingerprint density at radius 1 is 0.893 bits per heavy atom. The first-order valence-electron chi connectivity index (χ1n) is 10.3. The number of aromatic nitrogens is 3. The van der Waals surface area contributed by atoms with Crippen molar-refractivity contribution < 1.29 is 0 Å². The van der Waals surface area contributed by atoms with Crippen molar-refractivity contribution in [3.8, 4) is 0 Å². The highest BCUT2D eigenvalue weighted by Gasteiger charge is 2.21. The van der Waals surface area contributed by atoms with Gasteiger partial charge in [0.25, 0.3) is 5.95 Å². The maximum atomic E-state index is 4.84. The number of hydrazone groups is 1. The van der Waals surface area contributed by atoms with Crippen LogP contribution in [0.15, 0.2) is 17.2 Å². The summed E-state index contributed by atoms with van der Waals surface area (Å²) in [5.74, 6) is 2.19. The fourth-order valence-corrected chi connectivity index (χ4v) is 4.42. The average molecular weight is 400 g/mol. The van der Waals surface area contributed by atoms with Gasteiger partial charge in [0.1, 0.15) is 0 Å². The quantitative estimate of drug-likeness (QED) is 0.564. The highest BCUT2D eigenvalue weighted by atomic mass is 32.1. The minimum absolute atomic E-state index is 0.612. The summed E-state index contributed by atoms with van der Waals surface area (Å²) < 4.78 is 0. The van der Waals surface area contributed by atoms with E-state index in [2.05, 4.69) is 34.0 Å². The Bertz CT molecular complexity index is 770. The summed E-state index contributed by atoms with van der Waals surface area (Å²) in [4.78, 5) is 21.4. The van der Waals surface area contributed by atoms with Crippen LogP contribution in [0.25, 0.3) is 0 Å². The van der Waals surface area contributed by atoms with Gasteiger partial charge in [-0.2, -0.15) is 20.1 Å². The van der Waals surface area contributed by atoms with Crippen molar-refractivity contribution >= 4 is 35.4 Å². The molecule has 0 spiro atoms. The Labute approximate surface area is 171 Å². The van der Waals surface area contributed by atoms with Crippen molar-refractivity contribution in [1.29, 1.82) is 0 Å². The third-order valence-corrected chi connectivity index (χ3v) is 6.22. The lowest BCUT2D eigenvalue weighted by molar-refractivity contribution is 0.555. The lowest BCUT2D eigenvalue weighted by atomic mass is 10.1. The summed E-state index contributed by atoms with van der Waals surface area (Å²) in [5.41, 5.74) is 0. The number of anilines is 3. The summed E-state index contributed by atoms with van der Waals surface area (Å²) in [6.45, 7) is 6.18. The first-order chi connectivity index (χ1) is 13.7. The molecule has 2 fully saturated rings. The van der Waals surface area contributed by atoms with Crippen LogP contribution in [0, 0.1) is 6.92 Å². The molecule has 28 heavy (non-hydrogen) atoms. The zero-order valence-electron chi connectivity index (χ0n) is 16.8. The zero-order chi connectivity index (χ0) is 19.3. The molecule has 4 heterocycles. The molecule has 0 unspecified atom stereocenters. The number of hydrogen-bond donors (Lipinski definition) is 0. The SMILES string of the molecule is Cc1ccc(/C=N/N(C)c2nc(N3CCCCC3)nc(N3CCCCC3)n2)s1. The largest absolute Gasteiger partial charge is 0.341 e. The number of thiophene rings is 1. The van der Waals surface area contributed by atoms with Crippen molar-refractivity contribution in [2.75, 3.05) is 48.0 Å². The van der Waals surface area contributed by atoms with Gasteiger partial charge in [0.2, 0.25) is 11.9 Å². The van der Waals surface area contributed by atoms with Crippen LogP contribution in [0.3, 0.4) is 0 Å². The van der Waals surface area contributed by atoms with Crippen LogP contribution in [0.2, 0.25) is 0 Å². The number of aryl methyl sites for hydroxylation is 1. The molecule has 8 heteroatoms. The normalized spacial score (nSPS) is 18.1. The van der Waals surface area contributed by atoms with Crippen molar-refractivity contribution in [1.82, 2.24) is 15.0 Å². The molecule has 0 aliphatic carbocycles. The van der Waals surface area contributed by atoms with E-state index < -0.39 is 0 Å². The third-order valence-electron chi connectivity index (χ3n) is 5.29. The molecule has 2 aliphatic rings. The number of nitrogens with zero attached hydrogens (tertiary/aromatic N) is 7. The second-order valence-electron chi connectivity index (χ2n) is 7.55. The maximum Gasteiger partial charge on any atom is 0.252 e. The van der Waals surface area contributed by atoms with E-state index >= 15 is 0 Å².